The van der Waals surface area contributed by atoms with Gasteiger partial charge in [0.25, 0.3) is 0 Å². The molecular formula is C12H17ClO2. The van der Waals surface area contributed by atoms with E-state index in [0.717, 1.165) is 36.5 Å². The average molecular weight is 229 g/mol. The molecule has 0 radical (unpaired) electrons. The Balaban J connectivity index is 2.10. The minimum absolute atomic E-state index is 0.272. The molecule has 0 saturated carbocycles. The van der Waals surface area contributed by atoms with Gasteiger partial charge in [0.2, 0.25) is 0 Å². The summed E-state index contributed by atoms with van der Waals surface area (Å²) in [4.78, 5) is 0. The van der Waals surface area contributed by atoms with Crippen molar-refractivity contribution in [2.24, 2.45) is 0 Å². The van der Waals surface area contributed by atoms with Gasteiger partial charge in [0.15, 0.2) is 0 Å². The van der Waals surface area contributed by atoms with E-state index in [2.05, 4.69) is 0 Å². The molecule has 0 bridgehead atoms. The monoisotopic (exact) mass is 228 g/mol. The van der Waals surface area contributed by atoms with Crippen LogP contribution in [-0.4, -0.2) is 18.3 Å². The number of benzene rings is 1. The topological polar surface area (TPSA) is 29.5 Å². The minimum atomic E-state index is 0.272. The molecule has 15 heavy (non-hydrogen) atoms. The molecule has 0 aromatic heterocycles. The van der Waals surface area contributed by atoms with Crippen LogP contribution in [0.3, 0.4) is 0 Å². The van der Waals surface area contributed by atoms with Crippen molar-refractivity contribution in [1.82, 2.24) is 0 Å². The normalized spacial score (nSPS) is 10.5. The van der Waals surface area contributed by atoms with E-state index in [1.54, 1.807) is 0 Å². The second-order valence-corrected chi connectivity index (χ2v) is 3.90. The molecule has 1 N–H and O–H groups in total. The molecule has 0 heterocycles. The van der Waals surface area contributed by atoms with Crippen LogP contribution in [0.4, 0.5) is 0 Å². The standard InChI is InChI=1S/C12H17ClO2/c13-12-6-4-5-11(9-12)10-15-8-3-1-2-7-14/h4-6,9,14H,1-3,7-8,10H2. The molecule has 0 aliphatic rings. The molecule has 0 fully saturated rings. The lowest BCUT2D eigenvalue weighted by molar-refractivity contribution is 0.115. The van der Waals surface area contributed by atoms with Crippen molar-refractivity contribution in [2.45, 2.75) is 25.9 Å². The number of halogens is 1. The third-order valence-electron chi connectivity index (χ3n) is 2.10. The van der Waals surface area contributed by atoms with Gasteiger partial charge < -0.3 is 9.84 Å². The Morgan fingerprint density at radius 1 is 1.20 bits per heavy atom. The summed E-state index contributed by atoms with van der Waals surface area (Å²) in [5.74, 6) is 0. The highest BCUT2D eigenvalue weighted by molar-refractivity contribution is 6.30. The Labute approximate surface area is 95.8 Å². The van der Waals surface area contributed by atoms with Gasteiger partial charge in [0.1, 0.15) is 0 Å². The molecular weight excluding hydrogens is 212 g/mol. The molecule has 1 rings (SSSR count). The second-order valence-electron chi connectivity index (χ2n) is 3.47. The summed E-state index contributed by atoms with van der Waals surface area (Å²) >= 11 is 5.84. The van der Waals surface area contributed by atoms with Crippen molar-refractivity contribution >= 4 is 11.6 Å². The molecule has 0 aliphatic heterocycles. The van der Waals surface area contributed by atoms with Crippen molar-refractivity contribution in [3.8, 4) is 0 Å². The maximum atomic E-state index is 8.58. The zero-order valence-corrected chi connectivity index (χ0v) is 9.54. The van der Waals surface area contributed by atoms with Crippen LogP contribution in [0, 0.1) is 0 Å². The maximum Gasteiger partial charge on any atom is 0.0717 e. The van der Waals surface area contributed by atoms with Gasteiger partial charge in [0.05, 0.1) is 6.61 Å². The molecule has 0 atom stereocenters. The average Bonchev–Trinajstić information content (AvgIpc) is 2.23. The van der Waals surface area contributed by atoms with Gasteiger partial charge in [-0.3, -0.25) is 0 Å². The highest BCUT2D eigenvalue weighted by Gasteiger charge is 1.94. The third-order valence-corrected chi connectivity index (χ3v) is 2.34. The summed E-state index contributed by atoms with van der Waals surface area (Å²) in [6, 6.07) is 7.69. The summed E-state index contributed by atoms with van der Waals surface area (Å²) in [7, 11) is 0. The predicted molar refractivity (Wildman–Crippen MR) is 62.0 cm³/mol. The maximum absolute atomic E-state index is 8.58. The lowest BCUT2D eigenvalue weighted by Gasteiger charge is -2.04. The molecule has 0 spiro atoms. The van der Waals surface area contributed by atoms with Gasteiger partial charge in [-0.2, -0.15) is 0 Å². The third kappa shape index (κ3) is 5.78. The fourth-order valence-corrected chi connectivity index (χ4v) is 1.52. The smallest absolute Gasteiger partial charge is 0.0717 e. The molecule has 1 aromatic carbocycles. The number of hydrogen-bond donors (Lipinski definition) is 1. The summed E-state index contributed by atoms with van der Waals surface area (Å²) in [5, 5.41) is 9.32. The lowest BCUT2D eigenvalue weighted by atomic mass is 10.2. The van der Waals surface area contributed by atoms with E-state index in [-0.39, 0.29) is 6.61 Å². The number of unbranched alkanes of at least 4 members (excludes halogenated alkanes) is 2. The van der Waals surface area contributed by atoms with Crippen LogP contribution in [0.1, 0.15) is 24.8 Å². The largest absolute Gasteiger partial charge is 0.396 e. The van der Waals surface area contributed by atoms with Crippen LogP contribution in [0.2, 0.25) is 5.02 Å². The highest BCUT2D eigenvalue weighted by Crippen LogP contribution is 2.11. The van der Waals surface area contributed by atoms with Gasteiger partial charge >= 0.3 is 0 Å². The lowest BCUT2D eigenvalue weighted by Crippen LogP contribution is -1.96. The van der Waals surface area contributed by atoms with E-state index in [9.17, 15) is 0 Å². The summed E-state index contributed by atoms with van der Waals surface area (Å²) in [5.41, 5.74) is 1.10. The van der Waals surface area contributed by atoms with Crippen molar-refractivity contribution in [3.05, 3.63) is 34.9 Å². The fourth-order valence-electron chi connectivity index (χ4n) is 1.31. The minimum Gasteiger partial charge on any atom is -0.396 e. The first-order valence-corrected chi connectivity index (χ1v) is 5.64. The van der Waals surface area contributed by atoms with Crippen molar-refractivity contribution in [3.63, 3.8) is 0 Å². The van der Waals surface area contributed by atoms with Gasteiger partial charge in [-0.1, -0.05) is 23.7 Å². The molecule has 0 saturated heterocycles. The number of aliphatic hydroxyl groups is 1. The number of ether oxygens (including phenoxy) is 1. The molecule has 3 heteroatoms. The Hall–Kier alpha value is -0.570. The van der Waals surface area contributed by atoms with Crippen LogP contribution >= 0.6 is 11.6 Å². The predicted octanol–water partition coefficient (Wildman–Crippen LogP) is 3.02. The van der Waals surface area contributed by atoms with Crippen molar-refractivity contribution < 1.29 is 9.84 Å². The quantitative estimate of drug-likeness (QED) is 0.727. The van der Waals surface area contributed by atoms with Crippen molar-refractivity contribution in [1.29, 1.82) is 0 Å². The van der Waals surface area contributed by atoms with E-state index >= 15 is 0 Å². The van der Waals surface area contributed by atoms with Gasteiger partial charge in [-0.15, -0.1) is 0 Å². The van der Waals surface area contributed by atoms with E-state index in [1.807, 2.05) is 24.3 Å². The molecule has 1 aromatic rings. The first kappa shape index (κ1) is 12.5. The second kappa shape index (κ2) is 7.69. The van der Waals surface area contributed by atoms with E-state index in [4.69, 9.17) is 21.4 Å². The zero-order valence-electron chi connectivity index (χ0n) is 8.79. The van der Waals surface area contributed by atoms with E-state index in [0.29, 0.717) is 6.61 Å². The number of aliphatic hydroxyl groups excluding tert-OH is 1. The molecule has 0 unspecified atom stereocenters. The number of rotatable bonds is 7. The van der Waals surface area contributed by atoms with Gasteiger partial charge in [0, 0.05) is 18.2 Å². The summed E-state index contributed by atoms with van der Waals surface area (Å²) in [6.45, 7) is 1.63. The Morgan fingerprint density at radius 3 is 2.80 bits per heavy atom. The van der Waals surface area contributed by atoms with Crippen LogP contribution in [0.25, 0.3) is 0 Å². The van der Waals surface area contributed by atoms with E-state index < -0.39 is 0 Å². The molecule has 2 nitrogen and oxygen atoms in total. The van der Waals surface area contributed by atoms with Crippen LogP contribution in [0.15, 0.2) is 24.3 Å². The Kier molecular flexibility index (Phi) is 6.41. The van der Waals surface area contributed by atoms with Crippen LogP contribution in [-0.2, 0) is 11.3 Å². The fraction of sp³-hybridized carbons (Fsp3) is 0.500. The summed E-state index contributed by atoms with van der Waals surface area (Å²) < 4.78 is 5.48. The SMILES string of the molecule is OCCCCCOCc1cccc(Cl)c1. The van der Waals surface area contributed by atoms with Gasteiger partial charge in [-0.05, 0) is 37.0 Å². The van der Waals surface area contributed by atoms with Gasteiger partial charge in [-0.25, -0.2) is 0 Å². The first-order valence-electron chi connectivity index (χ1n) is 5.26. The zero-order chi connectivity index (χ0) is 10.9. The first-order chi connectivity index (χ1) is 7.33. The number of hydrogen-bond acceptors (Lipinski definition) is 2. The summed E-state index contributed by atoms with van der Waals surface area (Å²) in [6.07, 6.45) is 2.88. The molecule has 0 aliphatic carbocycles. The van der Waals surface area contributed by atoms with Crippen molar-refractivity contribution in [2.75, 3.05) is 13.2 Å². The molecule has 84 valence electrons. The van der Waals surface area contributed by atoms with Crippen LogP contribution in [0.5, 0.6) is 0 Å². The van der Waals surface area contributed by atoms with E-state index in [1.165, 1.54) is 0 Å². The highest BCUT2D eigenvalue weighted by atomic mass is 35.5. The Bertz CT molecular complexity index is 276. The Morgan fingerprint density at radius 2 is 2.07 bits per heavy atom. The van der Waals surface area contributed by atoms with Crippen LogP contribution < -0.4 is 0 Å². The molecule has 0 amide bonds.